The van der Waals surface area contributed by atoms with E-state index in [1.165, 1.54) is 5.56 Å². The van der Waals surface area contributed by atoms with Crippen LogP contribution in [0.5, 0.6) is 5.75 Å². The summed E-state index contributed by atoms with van der Waals surface area (Å²) in [6, 6.07) is 16.6. The summed E-state index contributed by atoms with van der Waals surface area (Å²) in [7, 11) is 1.64. The van der Waals surface area contributed by atoms with E-state index in [1.807, 2.05) is 18.2 Å². The molecule has 1 fully saturated rings. The largest absolute Gasteiger partial charge is 0.495 e. The van der Waals surface area contributed by atoms with Crippen LogP contribution in [0.15, 0.2) is 48.5 Å². The smallest absolute Gasteiger partial charge is 0.139 e. The minimum Gasteiger partial charge on any atom is -0.495 e. The Hall–Kier alpha value is -1.71. The van der Waals surface area contributed by atoms with E-state index in [2.05, 4.69) is 41.0 Å². The highest BCUT2D eigenvalue weighted by atomic mass is 35.5. The number of halogens is 1. The molecule has 0 saturated carbocycles. The van der Waals surface area contributed by atoms with E-state index < -0.39 is 0 Å². The van der Waals surface area contributed by atoms with Gasteiger partial charge in [-0.25, -0.2) is 0 Å². The molecule has 0 bridgehead atoms. The Morgan fingerprint density at radius 1 is 1.13 bits per heavy atom. The first kappa shape index (κ1) is 16.2. The SMILES string of the molecule is COc1cc(NCC2CNCC2Cc2ccccc2)ccc1Cl. The van der Waals surface area contributed by atoms with Crippen LogP contribution in [-0.2, 0) is 6.42 Å². The number of benzene rings is 2. The van der Waals surface area contributed by atoms with E-state index >= 15 is 0 Å². The summed E-state index contributed by atoms with van der Waals surface area (Å²) in [5.74, 6) is 2.00. The first-order valence-corrected chi connectivity index (χ1v) is 8.46. The average molecular weight is 331 g/mol. The number of rotatable bonds is 6. The molecule has 1 saturated heterocycles. The number of hydrogen-bond donors (Lipinski definition) is 2. The summed E-state index contributed by atoms with van der Waals surface area (Å²) in [6.45, 7) is 3.11. The third-order valence-electron chi connectivity index (χ3n) is 4.54. The summed E-state index contributed by atoms with van der Waals surface area (Å²) in [5.41, 5.74) is 2.47. The van der Waals surface area contributed by atoms with Gasteiger partial charge in [-0.2, -0.15) is 0 Å². The number of anilines is 1. The molecule has 0 aliphatic carbocycles. The highest BCUT2D eigenvalue weighted by Gasteiger charge is 2.26. The molecular formula is C19H23ClN2O. The molecule has 0 radical (unpaired) electrons. The van der Waals surface area contributed by atoms with Crippen LogP contribution in [-0.4, -0.2) is 26.7 Å². The van der Waals surface area contributed by atoms with Gasteiger partial charge in [0.2, 0.25) is 0 Å². The summed E-state index contributed by atoms with van der Waals surface area (Å²) in [5, 5.41) is 7.69. The highest BCUT2D eigenvalue weighted by Crippen LogP contribution is 2.28. The Kier molecular flexibility index (Phi) is 5.42. The van der Waals surface area contributed by atoms with Gasteiger partial charge in [-0.15, -0.1) is 0 Å². The number of hydrogen-bond acceptors (Lipinski definition) is 3. The average Bonchev–Trinajstić information content (AvgIpc) is 3.02. The standard InChI is InChI=1S/C19H23ClN2O/c1-23-19-10-17(7-8-18(19)20)22-13-16-12-21-11-15(16)9-14-5-3-2-4-6-14/h2-8,10,15-16,21-22H,9,11-13H2,1H3. The third kappa shape index (κ3) is 4.18. The normalized spacial score (nSPS) is 20.4. The molecule has 2 atom stereocenters. The number of nitrogens with one attached hydrogen (secondary N) is 2. The van der Waals surface area contributed by atoms with Gasteiger partial charge in [0.05, 0.1) is 12.1 Å². The van der Waals surface area contributed by atoms with E-state index in [9.17, 15) is 0 Å². The van der Waals surface area contributed by atoms with Gasteiger partial charge in [0.25, 0.3) is 0 Å². The summed E-state index contributed by atoms with van der Waals surface area (Å²) >= 11 is 6.07. The predicted octanol–water partition coefficient (Wildman–Crippen LogP) is 3.84. The minimum absolute atomic E-state index is 0.622. The van der Waals surface area contributed by atoms with Crippen molar-refractivity contribution in [1.82, 2.24) is 5.32 Å². The lowest BCUT2D eigenvalue weighted by molar-refractivity contribution is 0.415. The maximum atomic E-state index is 6.07. The van der Waals surface area contributed by atoms with Crippen LogP contribution >= 0.6 is 11.6 Å². The van der Waals surface area contributed by atoms with Crippen LogP contribution < -0.4 is 15.4 Å². The van der Waals surface area contributed by atoms with Crippen molar-refractivity contribution in [1.29, 1.82) is 0 Å². The summed E-state index contributed by atoms with van der Waals surface area (Å²) in [6.07, 6.45) is 1.13. The Morgan fingerprint density at radius 3 is 2.70 bits per heavy atom. The van der Waals surface area contributed by atoms with Crippen molar-refractivity contribution in [3.8, 4) is 5.75 Å². The van der Waals surface area contributed by atoms with Crippen LogP contribution in [0, 0.1) is 11.8 Å². The maximum Gasteiger partial charge on any atom is 0.139 e. The molecule has 122 valence electrons. The molecule has 4 heteroatoms. The van der Waals surface area contributed by atoms with Crippen LogP contribution in [0.25, 0.3) is 0 Å². The van der Waals surface area contributed by atoms with Gasteiger partial charge >= 0.3 is 0 Å². The van der Waals surface area contributed by atoms with Crippen LogP contribution in [0.4, 0.5) is 5.69 Å². The lowest BCUT2D eigenvalue weighted by atomic mass is 9.89. The lowest BCUT2D eigenvalue weighted by Crippen LogP contribution is -2.23. The molecule has 2 aromatic rings. The maximum absolute atomic E-state index is 6.07. The van der Waals surface area contributed by atoms with Gasteiger partial charge in [-0.3, -0.25) is 0 Å². The van der Waals surface area contributed by atoms with E-state index in [0.717, 1.165) is 31.7 Å². The Bertz CT molecular complexity index is 633. The zero-order valence-electron chi connectivity index (χ0n) is 13.4. The Morgan fingerprint density at radius 2 is 1.91 bits per heavy atom. The van der Waals surface area contributed by atoms with Crippen molar-refractivity contribution < 1.29 is 4.74 Å². The van der Waals surface area contributed by atoms with Gasteiger partial charge in [-0.05, 0) is 49.0 Å². The van der Waals surface area contributed by atoms with Crippen molar-refractivity contribution in [2.24, 2.45) is 11.8 Å². The molecule has 23 heavy (non-hydrogen) atoms. The Labute approximate surface area is 143 Å². The van der Waals surface area contributed by atoms with Gasteiger partial charge in [0.15, 0.2) is 0 Å². The molecule has 2 N–H and O–H groups in total. The van der Waals surface area contributed by atoms with Crippen molar-refractivity contribution >= 4 is 17.3 Å². The van der Waals surface area contributed by atoms with Crippen molar-refractivity contribution in [3.63, 3.8) is 0 Å². The van der Waals surface area contributed by atoms with Crippen LogP contribution in [0.2, 0.25) is 5.02 Å². The van der Waals surface area contributed by atoms with E-state index in [1.54, 1.807) is 7.11 Å². The highest BCUT2D eigenvalue weighted by molar-refractivity contribution is 6.32. The van der Waals surface area contributed by atoms with E-state index in [0.29, 0.717) is 22.6 Å². The molecular weight excluding hydrogens is 308 g/mol. The summed E-state index contributed by atoms with van der Waals surface area (Å²) in [4.78, 5) is 0. The van der Waals surface area contributed by atoms with E-state index in [-0.39, 0.29) is 0 Å². The van der Waals surface area contributed by atoms with Crippen LogP contribution in [0.3, 0.4) is 0 Å². The monoisotopic (exact) mass is 330 g/mol. The third-order valence-corrected chi connectivity index (χ3v) is 4.85. The van der Waals surface area contributed by atoms with Gasteiger partial charge in [-0.1, -0.05) is 41.9 Å². The van der Waals surface area contributed by atoms with E-state index in [4.69, 9.17) is 16.3 Å². The molecule has 1 heterocycles. The molecule has 3 nitrogen and oxygen atoms in total. The fraction of sp³-hybridized carbons (Fsp3) is 0.368. The molecule has 0 spiro atoms. The van der Waals surface area contributed by atoms with Crippen molar-refractivity contribution in [3.05, 3.63) is 59.1 Å². The topological polar surface area (TPSA) is 33.3 Å². The molecule has 2 aromatic carbocycles. The first-order valence-electron chi connectivity index (χ1n) is 8.08. The molecule has 3 rings (SSSR count). The van der Waals surface area contributed by atoms with Crippen molar-refractivity contribution in [2.75, 3.05) is 32.1 Å². The predicted molar refractivity (Wildman–Crippen MR) is 96.5 cm³/mol. The van der Waals surface area contributed by atoms with Gasteiger partial charge < -0.3 is 15.4 Å². The molecule has 1 aliphatic heterocycles. The van der Waals surface area contributed by atoms with Gasteiger partial charge in [0.1, 0.15) is 5.75 Å². The lowest BCUT2D eigenvalue weighted by Gasteiger charge is -2.20. The minimum atomic E-state index is 0.622. The van der Waals surface area contributed by atoms with Crippen LogP contribution in [0.1, 0.15) is 5.56 Å². The summed E-state index contributed by atoms with van der Waals surface area (Å²) < 4.78 is 5.27. The molecule has 1 aliphatic rings. The van der Waals surface area contributed by atoms with Gasteiger partial charge in [0, 0.05) is 18.3 Å². The Balaban J connectivity index is 1.58. The zero-order chi connectivity index (χ0) is 16.1. The zero-order valence-corrected chi connectivity index (χ0v) is 14.1. The molecule has 0 amide bonds. The second-order valence-electron chi connectivity index (χ2n) is 6.10. The number of methoxy groups -OCH3 is 1. The second-order valence-corrected chi connectivity index (χ2v) is 6.51. The number of ether oxygens (including phenoxy) is 1. The molecule has 0 aromatic heterocycles. The first-order chi connectivity index (χ1) is 11.3. The quantitative estimate of drug-likeness (QED) is 0.844. The fourth-order valence-electron chi connectivity index (χ4n) is 3.20. The molecule has 2 unspecified atom stereocenters. The van der Waals surface area contributed by atoms with Crippen molar-refractivity contribution in [2.45, 2.75) is 6.42 Å². The fourth-order valence-corrected chi connectivity index (χ4v) is 3.40. The second kappa shape index (κ2) is 7.71.